The summed E-state index contributed by atoms with van der Waals surface area (Å²) < 4.78 is 6.78. The molecule has 4 rings (SSSR count). The molecule has 0 radical (unpaired) electrons. The molecule has 3 aliphatic heterocycles. The average molecular weight is 543 g/mol. The van der Waals surface area contributed by atoms with Gasteiger partial charge in [-0.25, -0.2) is 0 Å². The Balaban J connectivity index is 1.64. The van der Waals surface area contributed by atoms with Crippen LogP contribution in [0.3, 0.4) is 0 Å². The zero-order chi connectivity index (χ0) is 28.2. The van der Waals surface area contributed by atoms with Crippen molar-refractivity contribution in [3.8, 4) is 0 Å². The third-order valence-corrected chi connectivity index (χ3v) is 9.08. The topological polar surface area (TPSA) is 111 Å². The van der Waals surface area contributed by atoms with E-state index in [2.05, 4.69) is 29.4 Å². The first-order valence-corrected chi connectivity index (χ1v) is 14.9. The SMILES string of the molecule is CCCNC(=O)[C@@H]1[C@H]2C(=O)N(CCCCCO)C(C(=O)Nc3ccc(N(CC)CC)cc3)C23CC[C@@]1(CC)O3. The van der Waals surface area contributed by atoms with Crippen molar-refractivity contribution in [1.82, 2.24) is 10.2 Å². The maximum absolute atomic E-state index is 14.1. The molecular formula is C30H46N4O5. The molecule has 1 aromatic rings. The summed E-state index contributed by atoms with van der Waals surface area (Å²) in [5.74, 6) is -1.87. The Kier molecular flexibility index (Phi) is 9.21. The maximum Gasteiger partial charge on any atom is 0.250 e. The first-order valence-electron chi connectivity index (χ1n) is 14.9. The van der Waals surface area contributed by atoms with Gasteiger partial charge in [-0.1, -0.05) is 13.8 Å². The van der Waals surface area contributed by atoms with E-state index in [4.69, 9.17) is 4.74 Å². The normalized spacial score (nSPS) is 29.0. The molecule has 9 heteroatoms. The lowest BCUT2D eigenvalue weighted by atomic mass is 9.65. The minimum absolute atomic E-state index is 0.0930. The molecule has 2 unspecified atom stereocenters. The number of hydrogen-bond acceptors (Lipinski definition) is 6. The van der Waals surface area contributed by atoms with Gasteiger partial charge in [0.15, 0.2) is 0 Å². The maximum atomic E-state index is 14.1. The highest BCUT2D eigenvalue weighted by Crippen LogP contribution is 2.64. The van der Waals surface area contributed by atoms with Crippen LogP contribution in [0.15, 0.2) is 24.3 Å². The number of fused-ring (bicyclic) bond motifs is 1. The highest BCUT2D eigenvalue weighted by Gasteiger charge is 2.78. The summed E-state index contributed by atoms with van der Waals surface area (Å²) in [6.07, 6.45) is 4.70. The van der Waals surface area contributed by atoms with E-state index in [0.717, 1.165) is 31.6 Å². The molecule has 3 aliphatic rings. The van der Waals surface area contributed by atoms with Gasteiger partial charge in [0, 0.05) is 44.2 Å². The second-order valence-electron chi connectivity index (χ2n) is 11.1. The highest BCUT2D eigenvalue weighted by atomic mass is 16.5. The second-order valence-corrected chi connectivity index (χ2v) is 11.1. The number of carbonyl (C=O) groups is 3. The lowest BCUT2D eigenvalue weighted by Crippen LogP contribution is -2.53. The molecule has 9 nitrogen and oxygen atoms in total. The quantitative estimate of drug-likeness (QED) is 0.311. The van der Waals surface area contributed by atoms with Gasteiger partial charge < -0.3 is 30.3 Å². The Morgan fingerprint density at radius 1 is 1.05 bits per heavy atom. The molecule has 3 N–H and O–H groups in total. The van der Waals surface area contributed by atoms with Gasteiger partial charge in [-0.05, 0) is 83.1 Å². The highest BCUT2D eigenvalue weighted by molar-refractivity contribution is 6.03. The number of nitrogens with zero attached hydrogens (tertiary/aromatic N) is 2. The Labute approximate surface area is 232 Å². The fourth-order valence-electron chi connectivity index (χ4n) is 7.14. The van der Waals surface area contributed by atoms with Gasteiger partial charge in [0.05, 0.1) is 17.4 Å². The summed E-state index contributed by atoms with van der Waals surface area (Å²) in [7, 11) is 0. The second kappa shape index (κ2) is 12.3. The summed E-state index contributed by atoms with van der Waals surface area (Å²) in [5, 5.41) is 15.3. The predicted octanol–water partition coefficient (Wildman–Crippen LogP) is 3.31. The molecule has 0 aromatic heterocycles. The fourth-order valence-corrected chi connectivity index (χ4v) is 7.14. The molecule has 0 aliphatic carbocycles. The number of likely N-dealkylation sites (tertiary alicyclic amines) is 1. The number of unbranched alkanes of at least 4 members (excludes halogenated alkanes) is 2. The number of carbonyl (C=O) groups excluding carboxylic acids is 3. The number of hydrogen-bond donors (Lipinski definition) is 3. The van der Waals surface area contributed by atoms with Crippen LogP contribution >= 0.6 is 0 Å². The van der Waals surface area contributed by atoms with Crippen LogP contribution in [0, 0.1) is 11.8 Å². The third-order valence-electron chi connectivity index (χ3n) is 9.08. The van der Waals surface area contributed by atoms with Crippen LogP contribution in [-0.4, -0.2) is 77.8 Å². The number of aliphatic hydroxyl groups excluding tert-OH is 1. The first kappa shape index (κ1) is 29.3. The van der Waals surface area contributed by atoms with Crippen molar-refractivity contribution in [3.63, 3.8) is 0 Å². The molecule has 3 amide bonds. The first-order chi connectivity index (χ1) is 18.8. The average Bonchev–Trinajstić information content (AvgIpc) is 3.55. The number of benzene rings is 1. The van der Waals surface area contributed by atoms with E-state index in [1.807, 2.05) is 38.1 Å². The van der Waals surface area contributed by atoms with E-state index in [-0.39, 0.29) is 24.3 Å². The Hall–Kier alpha value is -2.65. The molecule has 39 heavy (non-hydrogen) atoms. The van der Waals surface area contributed by atoms with Gasteiger partial charge in [-0.3, -0.25) is 14.4 Å². The summed E-state index contributed by atoms with van der Waals surface area (Å²) in [6, 6.07) is 6.96. The molecule has 3 heterocycles. The number of rotatable bonds is 14. The Morgan fingerprint density at radius 2 is 1.77 bits per heavy atom. The van der Waals surface area contributed by atoms with Crippen LogP contribution in [0.4, 0.5) is 11.4 Å². The Bertz CT molecular complexity index is 1030. The molecule has 216 valence electrons. The molecule has 5 atom stereocenters. The van der Waals surface area contributed by atoms with Crippen molar-refractivity contribution < 1.29 is 24.2 Å². The van der Waals surface area contributed by atoms with E-state index in [0.29, 0.717) is 50.9 Å². The molecule has 2 bridgehead atoms. The van der Waals surface area contributed by atoms with Gasteiger partial charge >= 0.3 is 0 Å². The number of nitrogens with one attached hydrogen (secondary N) is 2. The van der Waals surface area contributed by atoms with Gasteiger partial charge in [-0.2, -0.15) is 0 Å². The number of ether oxygens (including phenoxy) is 1. The van der Waals surface area contributed by atoms with Gasteiger partial charge in [0.1, 0.15) is 11.6 Å². The van der Waals surface area contributed by atoms with Gasteiger partial charge in [-0.15, -0.1) is 0 Å². The lowest BCUT2D eigenvalue weighted by molar-refractivity contribution is -0.146. The monoisotopic (exact) mass is 542 g/mol. The van der Waals surface area contributed by atoms with Crippen LogP contribution in [0.1, 0.15) is 72.6 Å². The molecular weight excluding hydrogens is 496 g/mol. The van der Waals surface area contributed by atoms with E-state index in [1.165, 1.54) is 0 Å². The van der Waals surface area contributed by atoms with E-state index in [1.54, 1.807) is 4.90 Å². The van der Waals surface area contributed by atoms with Gasteiger partial charge in [0.2, 0.25) is 17.7 Å². The van der Waals surface area contributed by atoms with Crippen molar-refractivity contribution in [2.24, 2.45) is 11.8 Å². The van der Waals surface area contributed by atoms with Gasteiger partial charge in [0.25, 0.3) is 0 Å². The van der Waals surface area contributed by atoms with E-state index in [9.17, 15) is 19.5 Å². The van der Waals surface area contributed by atoms with Crippen molar-refractivity contribution in [2.75, 3.05) is 43.0 Å². The minimum atomic E-state index is -1.02. The summed E-state index contributed by atoms with van der Waals surface area (Å²) >= 11 is 0. The van der Waals surface area contributed by atoms with Crippen LogP contribution in [0.25, 0.3) is 0 Å². The van der Waals surface area contributed by atoms with Crippen molar-refractivity contribution in [2.45, 2.75) is 89.9 Å². The van der Waals surface area contributed by atoms with Crippen molar-refractivity contribution in [3.05, 3.63) is 24.3 Å². The van der Waals surface area contributed by atoms with Crippen LogP contribution < -0.4 is 15.5 Å². The molecule has 1 aromatic carbocycles. The van der Waals surface area contributed by atoms with Crippen LogP contribution in [0.2, 0.25) is 0 Å². The van der Waals surface area contributed by atoms with Crippen LogP contribution in [-0.2, 0) is 19.1 Å². The lowest BCUT2D eigenvalue weighted by Gasteiger charge is -2.34. The fraction of sp³-hybridized carbons (Fsp3) is 0.700. The predicted molar refractivity (Wildman–Crippen MR) is 151 cm³/mol. The molecule has 3 fully saturated rings. The zero-order valence-corrected chi connectivity index (χ0v) is 24.0. The smallest absolute Gasteiger partial charge is 0.250 e. The largest absolute Gasteiger partial charge is 0.396 e. The van der Waals surface area contributed by atoms with E-state index < -0.39 is 29.1 Å². The zero-order valence-electron chi connectivity index (χ0n) is 24.0. The summed E-state index contributed by atoms with van der Waals surface area (Å²) in [5.41, 5.74) is -0.00515. The van der Waals surface area contributed by atoms with Crippen molar-refractivity contribution in [1.29, 1.82) is 0 Å². The molecule has 0 saturated carbocycles. The number of amides is 3. The Morgan fingerprint density at radius 3 is 2.38 bits per heavy atom. The summed E-state index contributed by atoms with van der Waals surface area (Å²) in [4.78, 5) is 45.4. The molecule has 1 spiro atoms. The third kappa shape index (κ3) is 5.15. The minimum Gasteiger partial charge on any atom is -0.396 e. The van der Waals surface area contributed by atoms with Crippen molar-refractivity contribution >= 4 is 29.1 Å². The number of aliphatic hydroxyl groups is 1. The summed E-state index contributed by atoms with van der Waals surface area (Å²) in [6.45, 7) is 11.0. The number of anilines is 2. The standard InChI is InChI=1S/C30H46N4O5/c1-5-18-31-26(36)23-24-28(38)34(19-10-9-11-20-35)25(30(24)17-16-29(23,6-2)39-30)27(37)32-21-12-14-22(15-13-21)33(7-3)8-4/h12-15,23-25,35H,5-11,16-20H2,1-4H3,(H,31,36)(H,32,37)/t23-,24-,25?,29+,30?/m0/s1. The molecule has 3 saturated heterocycles. The van der Waals surface area contributed by atoms with Crippen LogP contribution in [0.5, 0.6) is 0 Å². The van der Waals surface area contributed by atoms with E-state index >= 15 is 0 Å².